The van der Waals surface area contributed by atoms with Crippen molar-refractivity contribution in [2.45, 2.75) is 51.9 Å². The van der Waals surface area contributed by atoms with E-state index in [0.29, 0.717) is 0 Å². The van der Waals surface area contributed by atoms with Gasteiger partial charge in [0.2, 0.25) is 0 Å². The molecule has 1 aliphatic rings. The Labute approximate surface area is 94.8 Å². The fraction of sp³-hybridized carbons (Fsp3) is 1.00. The maximum Gasteiger partial charge on any atom is 0.0477 e. The first-order chi connectivity index (χ1) is 7.43. The number of nitrogens with one attached hydrogen (secondary N) is 1. The van der Waals surface area contributed by atoms with Gasteiger partial charge in [0.1, 0.15) is 0 Å². The molecule has 2 heteroatoms. The van der Waals surface area contributed by atoms with E-state index in [1.54, 1.807) is 0 Å². The molecule has 0 unspecified atom stereocenters. The lowest BCUT2D eigenvalue weighted by Crippen LogP contribution is -2.18. The van der Waals surface area contributed by atoms with Crippen molar-refractivity contribution in [1.29, 1.82) is 0 Å². The summed E-state index contributed by atoms with van der Waals surface area (Å²) in [5.74, 6) is 1.05. The molecule has 0 aromatic carbocycles. The summed E-state index contributed by atoms with van der Waals surface area (Å²) in [4.78, 5) is 0. The van der Waals surface area contributed by atoms with Gasteiger partial charge in [0.15, 0.2) is 0 Å². The van der Waals surface area contributed by atoms with E-state index < -0.39 is 0 Å². The lowest BCUT2D eigenvalue weighted by atomic mass is 10.0. The fourth-order valence-corrected chi connectivity index (χ4v) is 2.38. The van der Waals surface area contributed by atoms with E-state index in [1.165, 1.54) is 45.1 Å². The molecule has 0 aromatic heterocycles. The van der Waals surface area contributed by atoms with Crippen molar-refractivity contribution in [3.8, 4) is 0 Å². The molecule has 1 saturated carbocycles. The van der Waals surface area contributed by atoms with Gasteiger partial charge in [0.05, 0.1) is 0 Å². The minimum absolute atomic E-state index is 0.849. The third kappa shape index (κ3) is 6.91. The molecule has 0 aromatic rings. The van der Waals surface area contributed by atoms with Gasteiger partial charge in [-0.05, 0) is 45.2 Å². The quantitative estimate of drug-likeness (QED) is 0.595. The minimum Gasteiger partial charge on any atom is -0.382 e. The molecule has 0 heterocycles. The maximum atomic E-state index is 5.28. The molecule has 90 valence electrons. The molecule has 0 amide bonds. The standard InChI is InChI=1S/C13H27NO/c1-2-15-12-6-11-14-10-5-9-13-7-3-4-8-13/h13-14H,2-12H2,1H3. The monoisotopic (exact) mass is 213 g/mol. The van der Waals surface area contributed by atoms with Crippen LogP contribution in [-0.4, -0.2) is 26.3 Å². The Bertz CT molecular complexity index is 132. The van der Waals surface area contributed by atoms with E-state index in [2.05, 4.69) is 12.2 Å². The molecule has 1 rings (SSSR count). The third-order valence-electron chi connectivity index (χ3n) is 3.29. The van der Waals surface area contributed by atoms with E-state index in [0.717, 1.165) is 32.1 Å². The summed E-state index contributed by atoms with van der Waals surface area (Å²) in [5, 5.41) is 3.49. The number of rotatable bonds is 9. The van der Waals surface area contributed by atoms with Gasteiger partial charge in [-0.15, -0.1) is 0 Å². The van der Waals surface area contributed by atoms with Crippen molar-refractivity contribution in [3.05, 3.63) is 0 Å². The van der Waals surface area contributed by atoms with E-state index >= 15 is 0 Å². The molecule has 0 aliphatic heterocycles. The van der Waals surface area contributed by atoms with Crippen LogP contribution < -0.4 is 5.32 Å². The van der Waals surface area contributed by atoms with Crippen molar-refractivity contribution in [1.82, 2.24) is 5.32 Å². The molecule has 0 spiro atoms. The largest absolute Gasteiger partial charge is 0.382 e. The Morgan fingerprint density at radius 2 is 1.87 bits per heavy atom. The lowest BCUT2D eigenvalue weighted by Gasteiger charge is -2.09. The first-order valence-corrected chi connectivity index (χ1v) is 6.72. The van der Waals surface area contributed by atoms with Gasteiger partial charge in [-0.1, -0.05) is 25.7 Å². The molecule has 15 heavy (non-hydrogen) atoms. The van der Waals surface area contributed by atoms with Crippen molar-refractivity contribution in [2.75, 3.05) is 26.3 Å². The fourth-order valence-electron chi connectivity index (χ4n) is 2.38. The Balaban J connectivity index is 1.73. The molecule has 0 bridgehead atoms. The van der Waals surface area contributed by atoms with Gasteiger partial charge in [-0.25, -0.2) is 0 Å². The highest BCUT2D eigenvalue weighted by atomic mass is 16.5. The molecule has 0 atom stereocenters. The second kappa shape index (κ2) is 9.17. The van der Waals surface area contributed by atoms with E-state index in [1.807, 2.05) is 0 Å². The van der Waals surface area contributed by atoms with Crippen molar-refractivity contribution < 1.29 is 4.74 Å². The molecular formula is C13H27NO. The van der Waals surface area contributed by atoms with Crippen LogP contribution in [0.25, 0.3) is 0 Å². The summed E-state index contributed by atoms with van der Waals surface area (Å²) < 4.78 is 5.28. The average molecular weight is 213 g/mol. The van der Waals surface area contributed by atoms with Gasteiger partial charge in [0.25, 0.3) is 0 Å². The van der Waals surface area contributed by atoms with Crippen LogP contribution in [0.5, 0.6) is 0 Å². The first kappa shape index (κ1) is 13.0. The first-order valence-electron chi connectivity index (χ1n) is 6.72. The van der Waals surface area contributed by atoms with Crippen LogP contribution in [0.15, 0.2) is 0 Å². The molecule has 0 radical (unpaired) electrons. The maximum absolute atomic E-state index is 5.28. The lowest BCUT2D eigenvalue weighted by molar-refractivity contribution is 0.145. The Hall–Kier alpha value is -0.0800. The third-order valence-corrected chi connectivity index (χ3v) is 3.29. The molecule has 1 N–H and O–H groups in total. The predicted molar refractivity (Wildman–Crippen MR) is 65.2 cm³/mol. The second-order valence-corrected chi connectivity index (χ2v) is 4.59. The van der Waals surface area contributed by atoms with Gasteiger partial charge in [0, 0.05) is 13.2 Å². The second-order valence-electron chi connectivity index (χ2n) is 4.59. The van der Waals surface area contributed by atoms with Crippen LogP contribution in [0.4, 0.5) is 0 Å². The van der Waals surface area contributed by atoms with E-state index in [4.69, 9.17) is 4.74 Å². The van der Waals surface area contributed by atoms with Crippen molar-refractivity contribution >= 4 is 0 Å². The average Bonchev–Trinajstić information content (AvgIpc) is 2.75. The van der Waals surface area contributed by atoms with Gasteiger partial charge in [-0.3, -0.25) is 0 Å². The van der Waals surface area contributed by atoms with Gasteiger partial charge in [-0.2, -0.15) is 0 Å². The Morgan fingerprint density at radius 3 is 2.60 bits per heavy atom. The van der Waals surface area contributed by atoms with Crippen LogP contribution in [-0.2, 0) is 4.74 Å². The Morgan fingerprint density at radius 1 is 1.13 bits per heavy atom. The molecular weight excluding hydrogens is 186 g/mol. The minimum atomic E-state index is 0.849. The molecule has 2 nitrogen and oxygen atoms in total. The zero-order chi connectivity index (χ0) is 10.8. The van der Waals surface area contributed by atoms with Crippen LogP contribution in [0, 0.1) is 5.92 Å². The van der Waals surface area contributed by atoms with Crippen molar-refractivity contribution in [2.24, 2.45) is 5.92 Å². The molecule has 0 saturated heterocycles. The highest BCUT2D eigenvalue weighted by molar-refractivity contribution is 4.67. The zero-order valence-electron chi connectivity index (χ0n) is 10.3. The van der Waals surface area contributed by atoms with Gasteiger partial charge >= 0.3 is 0 Å². The molecule has 1 fully saturated rings. The summed E-state index contributed by atoms with van der Waals surface area (Å²) in [7, 11) is 0. The SMILES string of the molecule is CCOCCCNCCCC1CCCC1. The zero-order valence-corrected chi connectivity index (χ0v) is 10.3. The van der Waals surface area contributed by atoms with E-state index in [-0.39, 0.29) is 0 Å². The summed E-state index contributed by atoms with van der Waals surface area (Å²) in [6.07, 6.45) is 9.89. The molecule has 1 aliphatic carbocycles. The topological polar surface area (TPSA) is 21.3 Å². The predicted octanol–water partition coefficient (Wildman–Crippen LogP) is 2.97. The van der Waals surface area contributed by atoms with Crippen molar-refractivity contribution in [3.63, 3.8) is 0 Å². The highest BCUT2D eigenvalue weighted by Crippen LogP contribution is 2.28. The smallest absolute Gasteiger partial charge is 0.0477 e. The van der Waals surface area contributed by atoms with Crippen LogP contribution >= 0.6 is 0 Å². The summed E-state index contributed by atoms with van der Waals surface area (Å²) >= 11 is 0. The van der Waals surface area contributed by atoms with E-state index in [9.17, 15) is 0 Å². The Kier molecular flexibility index (Phi) is 7.94. The number of ether oxygens (including phenoxy) is 1. The normalized spacial score (nSPS) is 17.4. The number of hydrogen-bond acceptors (Lipinski definition) is 2. The van der Waals surface area contributed by atoms with Crippen LogP contribution in [0.2, 0.25) is 0 Å². The van der Waals surface area contributed by atoms with Crippen LogP contribution in [0.3, 0.4) is 0 Å². The highest BCUT2D eigenvalue weighted by Gasteiger charge is 2.13. The van der Waals surface area contributed by atoms with Crippen LogP contribution in [0.1, 0.15) is 51.9 Å². The number of hydrogen-bond donors (Lipinski definition) is 1. The summed E-state index contributed by atoms with van der Waals surface area (Å²) in [6.45, 7) is 6.12. The van der Waals surface area contributed by atoms with Gasteiger partial charge < -0.3 is 10.1 Å². The summed E-state index contributed by atoms with van der Waals surface area (Å²) in [5.41, 5.74) is 0. The summed E-state index contributed by atoms with van der Waals surface area (Å²) in [6, 6.07) is 0.